The average Bonchev–Trinajstić information content (AvgIpc) is 2.62. The minimum atomic E-state index is -0.975. The van der Waals surface area contributed by atoms with E-state index >= 15 is 0 Å². The van der Waals surface area contributed by atoms with Gasteiger partial charge in [-0.05, 0) is 31.2 Å². The molecule has 0 radical (unpaired) electrons. The Morgan fingerprint density at radius 3 is 1.92 bits per heavy atom. The van der Waals surface area contributed by atoms with Crippen molar-refractivity contribution in [2.75, 3.05) is 4.90 Å². The third-order valence-corrected chi connectivity index (χ3v) is 3.26. The molecule has 0 saturated carbocycles. The van der Waals surface area contributed by atoms with E-state index in [0.717, 1.165) is 4.90 Å². The molecule has 7 nitrogen and oxygen atoms in total. The molecule has 124 valence electrons. The maximum Gasteiger partial charge on any atom is 0.352 e. The smallest absolute Gasteiger partial charge is 0.320 e. The Balaban J connectivity index is 2.43. The summed E-state index contributed by atoms with van der Waals surface area (Å²) in [6.07, 6.45) is 0. The topological polar surface area (TPSA) is 110 Å². The zero-order chi connectivity index (χ0) is 17.7. The van der Waals surface area contributed by atoms with Crippen molar-refractivity contribution >= 4 is 23.5 Å². The molecule has 0 aromatic heterocycles. The minimum Gasteiger partial charge on any atom is -0.320 e. The Bertz CT molecular complexity index is 732. The SMILES string of the molecule is C[C@H](N)C(=O)N(N)C(=O)N(C(=O)c1ccccc1)c1ccccc1. The highest BCUT2D eigenvalue weighted by atomic mass is 16.2. The number of carbonyl (C=O) groups is 3. The quantitative estimate of drug-likeness (QED) is 0.504. The van der Waals surface area contributed by atoms with Crippen molar-refractivity contribution in [3.63, 3.8) is 0 Å². The van der Waals surface area contributed by atoms with Crippen molar-refractivity contribution in [3.8, 4) is 0 Å². The number of imide groups is 2. The third-order valence-electron chi connectivity index (χ3n) is 3.26. The normalized spacial score (nSPS) is 11.5. The first-order chi connectivity index (χ1) is 11.4. The molecule has 4 amide bonds. The number of amides is 4. The van der Waals surface area contributed by atoms with E-state index in [-0.39, 0.29) is 5.56 Å². The Morgan fingerprint density at radius 1 is 0.917 bits per heavy atom. The van der Waals surface area contributed by atoms with Gasteiger partial charge in [-0.25, -0.2) is 15.5 Å². The molecule has 0 unspecified atom stereocenters. The van der Waals surface area contributed by atoms with Crippen LogP contribution < -0.4 is 16.5 Å². The maximum absolute atomic E-state index is 12.8. The van der Waals surface area contributed by atoms with E-state index in [1.54, 1.807) is 60.7 Å². The number of benzene rings is 2. The molecule has 0 aliphatic carbocycles. The second-order valence-corrected chi connectivity index (χ2v) is 5.12. The van der Waals surface area contributed by atoms with Crippen molar-refractivity contribution in [2.45, 2.75) is 13.0 Å². The Kier molecular flexibility index (Phi) is 5.41. The predicted molar refractivity (Wildman–Crippen MR) is 89.8 cm³/mol. The summed E-state index contributed by atoms with van der Waals surface area (Å²) < 4.78 is 0. The molecule has 2 aromatic rings. The number of anilines is 1. The van der Waals surface area contributed by atoms with Gasteiger partial charge in [0, 0.05) is 5.56 Å². The van der Waals surface area contributed by atoms with Crippen LogP contribution >= 0.6 is 0 Å². The molecule has 0 spiro atoms. The van der Waals surface area contributed by atoms with Gasteiger partial charge in [-0.1, -0.05) is 36.4 Å². The van der Waals surface area contributed by atoms with Crippen molar-refractivity contribution in [3.05, 3.63) is 66.2 Å². The van der Waals surface area contributed by atoms with E-state index < -0.39 is 23.9 Å². The Morgan fingerprint density at radius 2 is 1.42 bits per heavy atom. The first-order valence-corrected chi connectivity index (χ1v) is 7.26. The number of nitrogens with zero attached hydrogens (tertiary/aromatic N) is 2. The second kappa shape index (κ2) is 7.49. The molecule has 4 N–H and O–H groups in total. The van der Waals surface area contributed by atoms with Crippen LogP contribution in [0.3, 0.4) is 0 Å². The summed E-state index contributed by atoms with van der Waals surface area (Å²) in [4.78, 5) is 38.1. The van der Waals surface area contributed by atoms with Gasteiger partial charge in [-0.3, -0.25) is 9.59 Å². The molecule has 2 aromatic carbocycles. The molecule has 24 heavy (non-hydrogen) atoms. The lowest BCUT2D eigenvalue weighted by molar-refractivity contribution is -0.129. The fourth-order valence-electron chi connectivity index (χ4n) is 2.02. The Labute approximate surface area is 139 Å². The van der Waals surface area contributed by atoms with Gasteiger partial charge in [0.1, 0.15) is 0 Å². The molecule has 0 fully saturated rings. The monoisotopic (exact) mass is 326 g/mol. The van der Waals surface area contributed by atoms with Crippen molar-refractivity contribution in [2.24, 2.45) is 11.6 Å². The third kappa shape index (κ3) is 3.65. The first-order valence-electron chi connectivity index (χ1n) is 7.26. The highest BCUT2D eigenvalue weighted by Crippen LogP contribution is 2.18. The molecule has 1 atom stereocenters. The lowest BCUT2D eigenvalue weighted by atomic mass is 10.2. The zero-order valence-corrected chi connectivity index (χ0v) is 13.1. The molecular formula is C17H18N4O3. The summed E-state index contributed by atoms with van der Waals surface area (Å²) >= 11 is 0. The molecule has 2 rings (SSSR count). The van der Waals surface area contributed by atoms with Crippen LogP contribution in [-0.4, -0.2) is 28.9 Å². The van der Waals surface area contributed by atoms with E-state index in [0.29, 0.717) is 10.7 Å². The number of hydrogen-bond acceptors (Lipinski definition) is 5. The molecular weight excluding hydrogens is 308 g/mol. The Hall–Kier alpha value is -3.03. The van der Waals surface area contributed by atoms with Crippen LogP contribution in [0.1, 0.15) is 17.3 Å². The lowest BCUT2D eigenvalue weighted by Crippen LogP contribution is -2.56. The van der Waals surface area contributed by atoms with E-state index in [2.05, 4.69) is 0 Å². The van der Waals surface area contributed by atoms with Crippen LogP contribution in [0.15, 0.2) is 60.7 Å². The van der Waals surface area contributed by atoms with Gasteiger partial charge in [-0.15, -0.1) is 0 Å². The van der Waals surface area contributed by atoms with E-state index in [9.17, 15) is 14.4 Å². The molecule has 0 bridgehead atoms. The highest BCUT2D eigenvalue weighted by molar-refractivity contribution is 6.22. The number of hydrazine groups is 1. The number of carbonyl (C=O) groups excluding carboxylic acids is 3. The summed E-state index contributed by atoms with van der Waals surface area (Å²) in [5.74, 6) is 4.19. The molecule has 0 aliphatic rings. The van der Waals surface area contributed by atoms with Gasteiger partial charge in [0.05, 0.1) is 11.7 Å². The fourth-order valence-corrected chi connectivity index (χ4v) is 2.02. The van der Waals surface area contributed by atoms with E-state index in [1.165, 1.54) is 6.92 Å². The van der Waals surface area contributed by atoms with Crippen LogP contribution in [0.25, 0.3) is 0 Å². The van der Waals surface area contributed by atoms with Crippen LogP contribution in [0.2, 0.25) is 0 Å². The van der Waals surface area contributed by atoms with Crippen molar-refractivity contribution < 1.29 is 14.4 Å². The van der Waals surface area contributed by atoms with Crippen LogP contribution in [0, 0.1) is 0 Å². The second-order valence-electron chi connectivity index (χ2n) is 5.12. The van der Waals surface area contributed by atoms with Crippen molar-refractivity contribution in [1.29, 1.82) is 0 Å². The molecule has 0 heterocycles. The number of rotatable bonds is 3. The van der Waals surface area contributed by atoms with E-state index in [4.69, 9.17) is 11.6 Å². The summed E-state index contributed by atoms with van der Waals surface area (Å²) in [6, 6.07) is 14.5. The highest BCUT2D eigenvalue weighted by Gasteiger charge is 2.31. The number of nitrogens with two attached hydrogens (primary N) is 2. The average molecular weight is 326 g/mol. The standard InChI is InChI=1S/C17H18N4O3/c1-12(18)15(22)21(19)17(24)20(14-10-6-3-7-11-14)16(23)13-8-4-2-5-9-13/h2-12H,18-19H2,1H3/t12-/m0/s1. The zero-order valence-electron chi connectivity index (χ0n) is 13.1. The van der Waals surface area contributed by atoms with Crippen LogP contribution in [0.4, 0.5) is 10.5 Å². The summed E-state index contributed by atoms with van der Waals surface area (Å²) in [5, 5.41) is 0.360. The number of hydrogen-bond donors (Lipinski definition) is 2. The largest absolute Gasteiger partial charge is 0.352 e. The first kappa shape index (κ1) is 17.3. The molecule has 0 saturated heterocycles. The number of para-hydroxylation sites is 1. The number of urea groups is 1. The fraction of sp³-hybridized carbons (Fsp3) is 0.118. The van der Waals surface area contributed by atoms with Crippen LogP contribution in [-0.2, 0) is 4.79 Å². The minimum absolute atomic E-state index is 0.288. The van der Waals surface area contributed by atoms with Gasteiger partial charge in [0.15, 0.2) is 0 Å². The van der Waals surface area contributed by atoms with Crippen molar-refractivity contribution in [1.82, 2.24) is 5.01 Å². The summed E-state index contributed by atoms with van der Waals surface area (Å²) in [6.45, 7) is 1.40. The van der Waals surface area contributed by atoms with Gasteiger partial charge in [-0.2, -0.15) is 5.01 Å². The van der Waals surface area contributed by atoms with Crippen LogP contribution in [0.5, 0.6) is 0 Å². The van der Waals surface area contributed by atoms with Gasteiger partial charge >= 0.3 is 6.03 Å². The summed E-state index contributed by atoms with van der Waals surface area (Å²) in [5.41, 5.74) is 6.06. The van der Waals surface area contributed by atoms with Gasteiger partial charge in [0.25, 0.3) is 11.8 Å². The molecule has 7 heteroatoms. The summed E-state index contributed by atoms with van der Waals surface area (Å²) in [7, 11) is 0. The van der Waals surface area contributed by atoms with Gasteiger partial charge in [0.2, 0.25) is 0 Å². The molecule has 0 aliphatic heterocycles. The maximum atomic E-state index is 12.8. The lowest BCUT2D eigenvalue weighted by Gasteiger charge is -2.26. The van der Waals surface area contributed by atoms with E-state index in [1.807, 2.05) is 0 Å². The van der Waals surface area contributed by atoms with Gasteiger partial charge < -0.3 is 5.73 Å². The predicted octanol–water partition coefficient (Wildman–Crippen LogP) is 1.50.